The van der Waals surface area contributed by atoms with Crippen LogP contribution in [-0.4, -0.2) is 23.8 Å². The number of fused-ring (bicyclic) bond motifs is 1. The molecule has 0 saturated carbocycles. The minimum absolute atomic E-state index is 0.00189. The van der Waals surface area contributed by atoms with Crippen molar-refractivity contribution in [3.8, 4) is 0 Å². The van der Waals surface area contributed by atoms with Crippen LogP contribution in [0.2, 0.25) is 5.02 Å². The molecule has 0 fully saturated rings. The molecule has 2 atom stereocenters. The SMILES string of the molecule is CC(c1cccc(Cl)c1)N(C)C(=O)CCC1Cc2ccccc2NC1=O. The quantitative estimate of drug-likeness (QED) is 0.845. The Hall–Kier alpha value is -2.33. The monoisotopic (exact) mass is 370 g/mol. The third-order valence-corrected chi connectivity index (χ3v) is 5.36. The van der Waals surface area contributed by atoms with Gasteiger partial charge in [0.05, 0.1) is 6.04 Å². The first-order valence-electron chi connectivity index (χ1n) is 8.85. The summed E-state index contributed by atoms with van der Waals surface area (Å²) in [6.45, 7) is 1.98. The minimum atomic E-state index is -0.163. The fourth-order valence-electron chi connectivity index (χ4n) is 3.33. The van der Waals surface area contributed by atoms with E-state index in [0.717, 1.165) is 16.8 Å². The van der Waals surface area contributed by atoms with Gasteiger partial charge in [-0.2, -0.15) is 0 Å². The van der Waals surface area contributed by atoms with Crippen molar-refractivity contribution in [3.05, 3.63) is 64.7 Å². The van der Waals surface area contributed by atoms with Gasteiger partial charge in [0.2, 0.25) is 11.8 Å². The smallest absolute Gasteiger partial charge is 0.227 e. The van der Waals surface area contributed by atoms with E-state index in [4.69, 9.17) is 11.6 Å². The summed E-state index contributed by atoms with van der Waals surface area (Å²) < 4.78 is 0. The van der Waals surface area contributed by atoms with Crippen LogP contribution in [0.5, 0.6) is 0 Å². The number of rotatable bonds is 5. The molecule has 3 rings (SSSR count). The van der Waals surface area contributed by atoms with Gasteiger partial charge in [-0.25, -0.2) is 0 Å². The number of anilines is 1. The molecule has 5 heteroatoms. The van der Waals surface area contributed by atoms with E-state index in [-0.39, 0.29) is 23.8 Å². The van der Waals surface area contributed by atoms with Gasteiger partial charge < -0.3 is 10.2 Å². The summed E-state index contributed by atoms with van der Waals surface area (Å²) in [5.74, 6) is -0.130. The summed E-state index contributed by atoms with van der Waals surface area (Å²) in [5.41, 5.74) is 3.01. The third-order valence-electron chi connectivity index (χ3n) is 5.12. The van der Waals surface area contributed by atoms with E-state index >= 15 is 0 Å². The van der Waals surface area contributed by atoms with Crippen LogP contribution in [0.15, 0.2) is 48.5 Å². The van der Waals surface area contributed by atoms with E-state index in [2.05, 4.69) is 5.32 Å². The third kappa shape index (κ3) is 4.07. The van der Waals surface area contributed by atoms with Crippen LogP contribution in [0, 0.1) is 5.92 Å². The molecule has 2 amide bonds. The van der Waals surface area contributed by atoms with Gasteiger partial charge in [0, 0.05) is 30.1 Å². The van der Waals surface area contributed by atoms with Crippen molar-refractivity contribution >= 4 is 29.1 Å². The van der Waals surface area contributed by atoms with Crippen LogP contribution in [0.4, 0.5) is 5.69 Å². The Bertz CT molecular complexity index is 821. The topological polar surface area (TPSA) is 49.4 Å². The molecule has 1 N–H and O–H groups in total. The lowest BCUT2D eigenvalue weighted by atomic mass is 9.89. The maximum atomic E-state index is 12.6. The van der Waals surface area contributed by atoms with Crippen molar-refractivity contribution in [2.24, 2.45) is 5.92 Å². The Morgan fingerprint density at radius 3 is 2.81 bits per heavy atom. The van der Waals surface area contributed by atoms with Gasteiger partial charge >= 0.3 is 0 Å². The Balaban J connectivity index is 1.59. The summed E-state index contributed by atoms with van der Waals surface area (Å²) in [7, 11) is 1.80. The standard InChI is InChI=1S/C21H23ClN2O2/c1-14(15-7-5-8-18(22)13-15)24(2)20(25)11-10-17-12-16-6-3-4-9-19(16)23-21(17)26/h3-9,13-14,17H,10-12H2,1-2H3,(H,23,26). The molecule has 2 aromatic rings. The molecular formula is C21H23ClN2O2. The average molecular weight is 371 g/mol. The molecule has 2 unspecified atom stereocenters. The van der Waals surface area contributed by atoms with Crippen LogP contribution < -0.4 is 5.32 Å². The van der Waals surface area contributed by atoms with E-state index in [9.17, 15) is 9.59 Å². The summed E-state index contributed by atoms with van der Waals surface area (Å²) in [4.78, 5) is 26.6. The molecule has 0 aliphatic carbocycles. The van der Waals surface area contributed by atoms with Crippen LogP contribution in [0.1, 0.15) is 36.9 Å². The van der Waals surface area contributed by atoms with E-state index in [0.29, 0.717) is 24.3 Å². The fourth-order valence-corrected chi connectivity index (χ4v) is 3.53. The van der Waals surface area contributed by atoms with Gasteiger partial charge in [-0.1, -0.05) is 41.9 Å². The summed E-state index contributed by atoms with van der Waals surface area (Å²) in [5, 5.41) is 3.60. The molecule has 0 saturated heterocycles. The van der Waals surface area contributed by atoms with Crippen LogP contribution >= 0.6 is 11.6 Å². The van der Waals surface area contributed by atoms with E-state index < -0.39 is 0 Å². The lowest BCUT2D eigenvalue weighted by Gasteiger charge is -2.28. The lowest BCUT2D eigenvalue weighted by Crippen LogP contribution is -2.33. The molecule has 1 aliphatic heterocycles. The number of carbonyl (C=O) groups excluding carboxylic acids is 2. The summed E-state index contributed by atoms with van der Waals surface area (Å²) in [6, 6.07) is 15.3. The largest absolute Gasteiger partial charge is 0.339 e. The summed E-state index contributed by atoms with van der Waals surface area (Å²) in [6.07, 6.45) is 1.58. The second-order valence-corrected chi connectivity index (χ2v) is 7.26. The zero-order chi connectivity index (χ0) is 18.7. The Labute approximate surface area is 159 Å². The van der Waals surface area contributed by atoms with E-state index in [1.807, 2.05) is 55.5 Å². The van der Waals surface area contributed by atoms with Gasteiger partial charge in [0.15, 0.2) is 0 Å². The maximum Gasteiger partial charge on any atom is 0.227 e. The number of nitrogens with zero attached hydrogens (tertiary/aromatic N) is 1. The molecule has 0 bridgehead atoms. The number of halogens is 1. The Morgan fingerprint density at radius 2 is 2.04 bits per heavy atom. The van der Waals surface area contributed by atoms with Crippen molar-refractivity contribution < 1.29 is 9.59 Å². The predicted molar refractivity (Wildman–Crippen MR) is 104 cm³/mol. The van der Waals surface area contributed by atoms with Gasteiger partial charge in [0.1, 0.15) is 0 Å². The second-order valence-electron chi connectivity index (χ2n) is 6.82. The van der Waals surface area contributed by atoms with Gasteiger partial charge in [-0.05, 0) is 49.1 Å². The molecular weight excluding hydrogens is 348 g/mol. The molecule has 4 nitrogen and oxygen atoms in total. The Morgan fingerprint density at radius 1 is 1.27 bits per heavy atom. The fraction of sp³-hybridized carbons (Fsp3) is 0.333. The molecule has 2 aromatic carbocycles. The maximum absolute atomic E-state index is 12.6. The molecule has 1 aliphatic rings. The predicted octanol–water partition coefficient (Wildman–Crippen LogP) is 4.45. The molecule has 0 spiro atoms. The number of amides is 2. The van der Waals surface area contributed by atoms with Crippen molar-refractivity contribution in [2.45, 2.75) is 32.2 Å². The number of benzene rings is 2. The average Bonchev–Trinajstić information content (AvgIpc) is 2.64. The number of carbonyl (C=O) groups is 2. The van der Waals surface area contributed by atoms with E-state index in [1.165, 1.54) is 0 Å². The van der Waals surface area contributed by atoms with Crippen molar-refractivity contribution in [1.82, 2.24) is 4.90 Å². The second kappa shape index (κ2) is 7.92. The first-order chi connectivity index (χ1) is 12.5. The van der Waals surface area contributed by atoms with Crippen LogP contribution in [0.25, 0.3) is 0 Å². The van der Waals surface area contributed by atoms with Gasteiger partial charge in [-0.3, -0.25) is 9.59 Å². The van der Waals surface area contributed by atoms with Gasteiger partial charge in [-0.15, -0.1) is 0 Å². The lowest BCUT2D eigenvalue weighted by molar-refractivity contribution is -0.132. The molecule has 1 heterocycles. The highest BCUT2D eigenvalue weighted by molar-refractivity contribution is 6.30. The normalized spacial score (nSPS) is 17.2. The highest BCUT2D eigenvalue weighted by Gasteiger charge is 2.27. The highest BCUT2D eigenvalue weighted by atomic mass is 35.5. The molecule has 0 radical (unpaired) electrons. The minimum Gasteiger partial charge on any atom is -0.339 e. The number of nitrogens with one attached hydrogen (secondary N) is 1. The van der Waals surface area contributed by atoms with Crippen molar-refractivity contribution in [3.63, 3.8) is 0 Å². The van der Waals surface area contributed by atoms with E-state index in [1.54, 1.807) is 11.9 Å². The van der Waals surface area contributed by atoms with Crippen LogP contribution in [0.3, 0.4) is 0 Å². The molecule has 0 aromatic heterocycles. The van der Waals surface area contributed by atoms with Gasteiger partial charge in [0.25, 0.3) is 0 Å². The van der Waals surface area contributed by atoms with Crippen molar-refractivity contribution in [1.29, 1.82) is 0 Å². The Kier molecular flexibility index (Phi) is 5.62. The highest BCUT2D eigenvalue weighted by Crippen LogP contribution is 2.28. The molecule has 26 heavy (non-hydrogen) atoms. The van der Waals surface area contributed by atoms with Crippen molar-refractivity contribution in [2.75, 3.05) is 12.4 Å². The first kappa shape index (κ1) is 18.5. The van der Waals surface area contributed by atoms with Crippen LogP contribution in [-0.2, 0) is 16.0 Å². The summed E-state index contributed by atoms with van der Waals surface area (Å²) >= 11 is 6.05. The number of hydrogen-bond acceptors (Lipinski definition) is 2. The zero-order valence-electron chi connectivity index (χ0n) is 15.0. The zero-order valence-corrected chi connectivity index (χ0v) is 15.8. The molecule has 136 valence electrons. The first-order valence-corrected chi connectivity index (χ1v) is 9.23. The number of hydrogen-bond donors (Lipinski definition) is 1. The number of para-hydroxylation sites is 1.